The molecule has 0 radical (unpaired) electrons. The summed E-state index contributed by atoms with van der Waals surface area (Å²) in [6, 6.07) is 0.797. The number of amides is 1. The molecule has 1 aliphatic heterocycles. The van der Waals surface area contributed by atoms with Crippen LogP contribution < -0.4 is 11.5 Å². The second kappa shape index (κ2) is 4.31. The number of ether oxygens (including phenoxy) is 1. The van der Waals surface area contributed by atoms with Gasteiger partial charge in [0.05, 0.1) is 18.8 Å². The van der Waals surface area contributed by atoms with Crippen molar-refractivity contribution in [3.05, 3.63) is 0 Å². The first-order chi connectivity index (χ1) is 7.53. The Hall–Kier alpha value is -0.650. The third-order valence-electron chi connectivity index (χ3n) is 3.90. The van der Waals surface area contributed by atoms with Crippen LogP contribution in [0.5, 0.6) is 0 Å². The fourth-order valence-electron chi connectivity index (χ4n) is 2.84. The predicted octanol–water partition coefficient (Wildman–Crippen LogP) is -0.558. The lowest BCUT2D eigenvalue weighted by Gasteiger charge is -2.38. The molecule has 4 N–H and O–H groups in total. The van der Waals surface area contributed by atoms with Gasteiger partial charge in [-0.25, -0.2) is 0 Å². The van der Waals surface area contributed by atoms with Gasteiger partial charge in [-0.05, 0) is 26.2 Å². The van der Waals surface area contributed by atoms with E-state index < -0.39 is 5.54 Å². The number of hydrogen-bond donors (Lipinski definition) is 2. The molecular weight excluding hydrogens is 206 g/mol. The lowest BCUT2D eigenvalue weighted by molar-refractivity contribution is -0.123. The Morgan fingerprint density at radius 2 is 2.31 bits per heavy atom. The van der Waals surface area contributed by atoms with Gasteiger partial charge >= 0.3 is 0 Å². The zero-order chi connectivity index (χ0) is 11.8. The third kappa shape index (κ3) is 2.07. The maximum absolute atomic E-state index is 11.3. The van der Waals surface area contributed by atoms with Gasteiger partial charge in [0.1, 0.15) is 0 Å². The summed E-state index contributed by atoms with van der Waals surface area (Å²) >= 11 is 0. The minimum Gasteiger partial charge on any atom is -0.379 e. The third-order valence-corrected chi connectivity index (χ3v) is 3.90. The molecule has 0 spiro atoms. The van der Waals surface area contributed by atoms with Gasteiger partial charge in [0.15, 0.2) is 0 Å². The SMILES string of the molecule is CC1COCCN1C1CCC(N)(C(N)=O)C1. The molecule has 92 valence electrons. The molecule has 1 saturated heterocycles. The Labute approximate surface area is 96.1 Å². The van der Waals surface area contributed by atoms with Crippen molar-refractivity contribution in [3.8, 4) is 0 Å². The smallest absolute Gasteiger partial charge is 0.237 e. The van der Waals surface area contributed by atoms with Crippen molar-refractivity contribution in [1.29, 1.82) is 0 Å². The Morgan fingerprint density at radius 1 is 1.56 bits per heavy atom. The van der Waals surface area contributed by atoms with Gasteiger partial charge in [-0.15, -0.1) is 0 Å². The van der Waals surface area contributed by atoms with Crippen LogP contribution in [-0.2, 0) is 9.53 Å². The van der Waals surface area contributed by atoms with E-state index in [1.807, 2.05) is 0 Å². The number of rotatable bonds is 2. The van der Waals surface area contributed by atoms with Gasteiger partial charge in [-0.2, -0.15) is 0 Å². The summed E-state index contributed by atoms with van der Waals surface area (Å²) in [5.41, 5.74) is 10.6. The molecule has 3 atom stereocenters. The molecule has 2 rings (SSSR count). The minimum atomic E-state index is -0.789. The van der Waals surface area contributed by atoms with Crippen molar-refractivity contribution in [3.63, 3.8) is 0 Å². The topological polar surface area (TPSA) is 81.6 Å². The standard InChI is InChI=1S/C11H21N3O2/c1-8-7-16-5-4-14(8)9-2-3-11(13,6-9)10(12)15/h8-9H,2-7,13H2,1H3,(H2,12,15). The van der Waals surface area contributed by atoms with Crippen LogP contribution in [0.4, 0.5) is 0 Å². The van der Waals surface area contributed by atoms with E-state index in [-0.39, 0.29) is 5.91 Å². The molecule has 0 aromatic carbocycles. The van der Waals surface area contributed by atoms with Crippen LogP contribution in [-0.4, -0.2) is 48.2 Å². The average Bonchev–Trinajstić information content (AvgIpc) is 2.63. The first-order valence-electron chi connectivity index (χ1n) is 5.95. The summed E-state index contributed by atoms with van der Waals surface area (Å²) in [5.74, 6) is -0.365. The molecule has 0 aromatic heterocycles. The van der Waals surface area contributed by atoms with Crippen molar-refractivity contribution in [2.75, 3.05) is 19.8 Å². The highest BCUT2D eigenvalue weighted by atomic mass is 16.5. The maximum Gasteiger partial charge on any atom is 0.237 e. The highest BCUT2D eigenvalue weighted by Crippen LogP contribution is 2.32. The van der Waals surface area contributed by atoms with E-state index in [0.29, 0.717) is 24.9 Å². The fourth-order valence-corrected chi connectivity index (χ4v) is 2.84. The number of primary amides is 1. The molecule has 3 unspecified atom stereocenters. The highest BCUT2D eigenvalue weighted by Gasteiger charge is 2.43. The summed E-state index contributed by atoms with van der Waals surface area (Å²) in [6.45, 7) is 4.63. The molecule has 2 aliphatic rings. The van der Waals surface area contributed by atoms with E-state index in [9.17, 15) is 4.79 Å². The van der Waals surface area contributed by atoms with Crippen LogP contribution >= 0.6 is 0 Å². The van der Waals surface area contributed by atoms with Gasteiger partial charge in [-0.1, -0.05) is 0 Å². The summed E-state index contributed by atoms with van der Waals surface area (Å²) in [5, 5.41) is 0. The molecule has 16 heavy (non-hydrogen) atoms. The second-order valence-electron chi connectivity index (χ2n) is 5.08. The van der Waals surface area contributed by atoms with Gasteiger partial charge in [0, 0.05) is 18.6 Å². The molecule has 1 aliphatic carbocycles. The largest absolute Gasteiger partial charge is 0.379 e. The van der Waals surface area contributed by atoms with Crippen molar-refractivity contribution in [2.24, 2.45) is 11.5 Å². The summed E-state index contributed by atoms with van der Waals surface area (Å²) in [4.78, 5) is 13.7. The number of hydrogen-bond acceptors (Lipinski definition) is 4. The Balaban J connectivity index is 2.00. The summed E-state index contributed by atoms with van der Waals surface area (Å²) in [6.07, 6.45) is 2.35. The van der Waals surface area contributed by atoms with E-state index in [1.165, 1.54) is 0 Å². The molecule has 0 aromatic rings. The van der Waals surface area contributed by atoms with Crippen LogP contribution in [0.15, 0.2) is 0 Å². The first kappa shape index (κ1) is 11.8. The molecule has 0 bridgehead atoms. The Morgan fingerprint density at radius 3 is 2.88 bits per heavy atom. The number of nitrogens with zero attached hydrogens (tertiary/aromatic N) is 1. The average molecular weight is 227 g/mol. The van der Waals surface area contributed by atoms with Crippen LogP contribution in [0, 0.1) is 0 Å². The van der Waals surface area contributed by atoms with Gasteiger partial charge in [0.2, 0.25) is 5.91 Å². The van der Waals surface area contributed by atoms with Crippen molar-refractivity contribution < 1.29 is 9.53 Å². The number of carbonyl (C=O) groups excluding carboxylic acids is 1. The highest BCUT2D eigenvalue weighted by molar-refractivity contribution is 5.84. The second-order valence-corrected chi connectivity index (χ2v) is 5.08. The molecule has 5 heteroatoms. The number of carbonyl (C=O) groups is 1. The van der Waals surface area contributed by atoms with E-state index in [0.717, 1.165) is 26.2 Å². The fraction of sp³-hybridized carbons (Fsp3) is 0.909. The lowest BCUT2D eigenvalue weighted by Crippen LogP contribution is -2.53. The number of nitrogens with two attached hydrogens (primary N) is 2. The van der Waals surface area contributed by atoms with Crippen LogP contribution in [0.25, 0.3) is 0 Å². The van der Waals surface area contributed by atoms with Crippen molar-refractivity contribution in [1.82, 2.24) is 4.90 Å². The molecule has 2 fully saturated rings. The van der Waals surface area contributed by atoms with Gasteiger partial charge in [0.25, 0.3) is 0 Å². The van der Waals surface area contributed by atoms with Gasteiger partial charge < -0.3 is 16.2 Å². The molecule has 1 amide bonds. The lowest BCUT2D eigenvalue weighted by atomic mass is 9.98. The monoisotopic (exact) mass is 227 g/mol. The van der Waals surface area contributed by atoms with E-state index in [1.54, 1.807) is 0 Å². The van der Waals surface area contributed by atoms with Crippen LogP contribution in [0.3, 0.4) is 0 Å². The van der Waals surface area contributed by atoms with Crippen molar-refractivity contribution in [2.45, 2.75) is 43.8 Å². The van der Waals surface area contributed by atoms with Crippen molar-refractivity contribution >= 4 is 5.91 Å². The normalized spacial score (nSPS) is 41.1. The van der Waals surface area contributed by atoms with E-state index in [4.69, 9.17) is 16.2 Å². The Kier molecular flexibility index (Phi) is 3.19. The minimum absolute atomic E-state index is 0.365. The summed E-state index contributed by atoms with van der Waals surface area (Å²) in [7, 11) is 0. The first-order valence-corrected chi connectivity index (χ1v) is 5.95. The zero-order valence-corrected chi connectivity index (χ0v) is 9.82. The molecular formula is C11H21N3O2. The quantitative estimate of drug-likeness (QED) is 0.662. The molecule has 1 saturated carbocycles. The van der Waals surface area contributed by atoms with Gasteiger partial charge in [-0.3, -0.25) is 9.69 Å². The van der Waals surface area contributed by atoms with Crippen LogP contribution in [0.1, 0.15) is 26.2 Å². The van der Waals surface area contributed by atoms with E-state index >= 15 is 0 Å². The van der Waals surface area contributed by atoms with Crippen LogP contribution in [0.2, 0.25) is 0 Å². The Bertz CT molecular complexity index is 284. The predicted molar refractivity (Wildman–Crippen MR) is 60.7 cm³/mol. The summed E-state index contributed by atoms with van der Waals surface area (Å²) < 4.78 is 5.41. The number of morpholine rings is 1. The molecule has 1 heterocycles. The zero-order valence-electron chi connectivity index (χ0n) is 9.82. The molecule has 5 nitrogen and oxygen atoms in total. The van der Waals surface area contributed by atoms with E-state index in [2.05, 4.69) is 11.8 Å². The maximum atomic E-state index is 11.3.